The second-order valence-electron chi connectivity index (χ2n) is 6.74. The van der Waals surface area contributed by atoms with Gasteiger partial charge in [-0.1, -0.05) is 23.5 Å². The van der Waals surface area contributed by atoms with E-state index in [1.54, 1.807) is 24.3 Å². The number of benzene rings is 2. The Bertz CT molecular complexity index is 1320. The molecule has 4 aromatic rings. The number of fused-ring (bicyclic) bond motifs is 1. The van der Waals surface area contributed by atoms with Gasteiger partial charge < -0.3 is 4.74 Å². The van der Waals surface area contributed by atoms with E-state index in [0.717, 1.165) is 14.8 Å². The van der Waals surface area contributed by atoms with Crippen LogP contribution in [0.1, 0.15) is 6.92 Å². The summed E-state index contributed by atoms with van der Waals surface area (Å²) < 4.78 is 8.61. The molecule has 0 fully saturated rings. The zero-order valence-corrected chi connectivity index (χ0v) is 17.8. The van der Waals surface area contributed by atoms with Crippen molar-refractivity contribution >= 4 is 38.3 Å². The van der Waals surface area contributed by atoms with Crippen molar-refractivity contribution in [2.75, 3.05) is 11.5 Å². The number of para-hydroxylation sites is 1. The van der Waals surface area contributed by atoms with E-state index >= 15 is 0 Å². The maximum atomic E-state index is 13.4. The Kier molecular flexibility index (Phi) is 5.68. The molecule has 4 rings (SSSR count). The van der Waals surface area contributed by atoms with Crippen molar-refractivity contribution in [1.29, 1.82) is 0 Å². The summed E-state index contributed by atoms with van der Waals surface area (Å²) in [4.78, 5) is 43.5. The molecule has 2 aromatic heterocycles. The second-order valence-corrected chi connectivity index (χ2v) is 7.75. The fourth-order valence-corrected chi connectivity index (χ4v) is 4.13. The van der Waals surface area contributed by atoms with Gasteiger partial charge in [0, 0.05) is 19.3 Å². The van der Waals surface area contributed by atoms with E-state index in [1.165, 1.54) is 40.1 Å². The molecule has 0 bridgehead atoms. The standard InChI is InChI=1S/C22H20N4O4S/c1-3-30-16-10-8-15(9-11-16)26(21-23-17-6-4-5-7-18(17)31-21)20(28)14-25-13-12-19(27)24(2)22(25)29/h4-13H,3,14H2,1-2H3. The monoisotopic (exact) mass is 436 g/mol. The number of nitrogens with zero attached hydrogens (tertiary/aromatic N) is 4. The van der Waals surface area contributed by atoms with Crippen LogP contribution in [0.3, 0.4) is 0 Å². The number of carbonyl (C=O) groups is 1. The molecule has 8 nitrogen and oxygen atoms in total. The largest absolute Gasteiger partial charge is 0.494 e. The average Bonchev–Trinajstić information content (AvgIpc) is 3.19. The first-order valence-corrected chi connectivity index (χ1v) is 10.5. The van der Waals surface area contributed by atoms with Gasteiger partial charge in [-0.05, 0) is 43.3 Å². The third kappa shape index (κ3) is 4.13. The quantitative estimate of drug-likeness (QED) is 0.464. The molecule has 0 saturated carbocycles. The Morgan fingerprint density at radius 3 is 2.55 bits per heavy atom. The fourth-order valence-electron chi connectivity index (χ4n) is 3.13. The molecular weight excluding hydrogens is 416 g/mol. The van der Waals surface area contributed by atoms with Crippen LogP contribution in [0.15, 0.2) is 70.4 Å². The summed E-state index contributed by atoms with van der Waals surface area (Å²) in [5.41, 5.74) is 0.399. The predicted molar refractivity (Wildman–Crippen MR) is 120 cm³/mol. The van der Waals surface area contributed by atoms with Gasteiger partial charge in [0.25, 0.3) is 11.5 Å². The maximum Gasteiger partial charge on any atom is 0.331 e. The summed E-state index contributed by atoms with van der Waals surface area (Å²) in [5, 5.41) is 0.494. The molecule has 9 heteroatoms. The molecule has 2 heterocycles. The summed E-state index contributed by atoms with van der Waals surface area (Å²) in [6.07, 6.45) is 1.33. The third-order valence-corrected chi connectivity index (χ3v) is 5.72. The summed E-state index contributed by atoms with van der Waals surface area (Å²) in [5.74, 6) is 0.334. The van der Waals surface area contributed by atoms with Gasteiger partial charge >= 0.3 is 5.69 Å². The van der Waals surface area contributed by atoms with E-state index in [-0.39, 0.29) is 12.5 Å². The lowest BCUT2D eigenvalue weighted by Gasteiger charge is -2.21. The van der Waals surface area contributed by atoms with Crippen LogP contribution in [0.4, 0.5) is 10.8 Å². The zero-order valence-electron chi connectivity index (χ0n) is 17.0. The van der Waals surface area contributed by atoms with Gasteiger partial charge in [-0.2, -0.15) is 0 Å². The second kappa shape index (κ2) is 8.57. The van der Waals surface area contributed by atoms with Crippen LogP contribution in [0.25, 0.3) is 10.2 Å². The normalized spacial score (nSPS) is 10.9. The van der Waals surface area contributed by atoms with Crippen LogP contribution < -0.4 is 20.9 Å². The Morgan fingerprint density at radius 2 is 1.84 bits per heavy atom. The zero-order chi connectivity index (χ0) is 22.0. The van der Waals surface area contributed by atoms with E-state index in [1.807, 2.05) is 31.2 Å². The molecule has 0 aliphatic carbocycles. The number of thiazole rings is 1. The van der Waals surface area contributed by atoms with E-state index in [4.69, 9.17) is 4.74 Å². The smallest absolute Gasteiger partial charge is 0.331 e. The van der Waals surface area contributed by atoms with Gasteiger partial charge in [-0.25, -0.2) is 9.78 Å². The van der Waals surface area contributed by atoms with Crippen LogP contribution >= 0.6 is 11.3 Å². The summed E-state index contributed by atoms with van der Waals surface area (Å²) in [6.45, 7) is 2.20. The predicted octanol–water partition coefficient (Wildman–Crippen LogP) is 2.92. The summed E-state index contributed by atoms with van der Waals surface area (Å²) >= 11 is 1.38. The Labute approximate surface area is 181 Å². The fraction of sp³-hybridized carbons (Fsp3) is 0.182. The van der Waals surface area contributed by atoms with Crippen LogP contribution in [0.5, 0.6) is 5.75 Å². The average molecular weight is 436 g/mol. The topological polar surface area (TPSA) is 86.4 Å². The first kappa shape index (κ1) is 20.5. The van der Waals surface area contributed by atoms with Gasteiger partial charge in [0.05, 0.1) is 22.5 Å². The van der Waals surface area contributed by atoms with E-state index < -0.39 is 11.2 Å². The number of hydrogen-bond donors (Lipinski definition) is 0. The van der Waals surface area contributed by atoms with E-state index in [2.05, 4.69) is 4.98 Å². The molecule has 0 aliphatic rings. The molecule has 0 aliphatic heterocycles. The lowest BCUT2D eigenvalue weighted by Crippen LogP contribution is -2.40. The van der Waals surface area contributed by atoms with Crippen molar-refractivity contribution in [2.45, 2.75) is 13.5 Å². The third-order valence-electron chi connectivity index (χ3n) is 4.70. The number of amides is 1. The Morgan fingerprint density at radius 1 is 1.10 bits per heavy atom. The Balaban J connectivity index is 1.76. The van der Waals surface area contributed by atoms with Crippen molar-refractivity contribution < 1.29 is 9.53 Å². The van der Waals surface area contributed by atoms with Crippen molar-refractivity contribution in [3.05, 3.63) is 81.6 Å². The van der Waals surface area contributed by atoms with Gasteiger partial charge in [-0.15, -0.1) is 0 Å². The Hall–Kier alpha value is -3.72. The number of ether oxygens (including phenoxy) is 1. The molecule has 0 spiro atoms. The molecule has 0 N–H and O–H groups in total. The molecule has 158 valence electrons. The summed E-state index contributed by atoms with van der Waals surface area (Å²) in [6, 6.07) is 16.0. The molecule has 0 unspecified atom stereocenters. The number of hydrogen-bond acceptors (Lipinski definition) is 6. The molecular formula is C22H20N4O4S. The van der Waals surface area contributed by atoms with Crippen LogP contribution in [0.2, 0.25) is 0 Å². The van der Waals surface area contributed by atoms with E-state index in [9.17, 15) is 14.4 Å². The highest BCUT2D eigenvalue weighted by molar-refractivity contribution is 7.22. The highest BCUT2D eigenvalue weighted by atomic mass is 32.1. The molecule has 0 atom stereocenters. The number of carbonyl (C=O) groups excluding carboxylic acids is 1. The van der Waals surface area contributed by atoms with Crippen LogP contribution in [-0.4, -0.2) is 26.6 Å². The molecule has 2 aromatic carbocycles. The lowest BCUT2D eigenvalue weighted by atomic mass is 10.2. The van der Waals surface area contributed by atoms with Crippen molar-refractivity contribution in [3.63, 3.8) is 0 Å². The van der Waals surface area contributed by atoms with Gasteiger partial charge in [0.1, 0.15) is 12.3 Å². The highest BCUT2D eigenvalue weighted by Gasteiger charge is 2.23. The summed E-state index contributed by atoms with van der Waals surface area (Å²) in [7, 11) is 1.38. The van der Waals surface area contributed by atoms with Gasteiger partial charge in [-0.3, -0.25) is 23.6 Å². The maximum absolute atomic E-state index is 13.4. The number of anilines is 2. The van der Waals surface area contributed by atoms with E-state index in [0.29, 0.717) is 23.2 Å². The van der Waals surface area contributed by atoms with Gasteiger partial charge in [0.2, 0.25) is 0 Å². The molecule has 0 radical (unpaired) electrons. The van der Waals surface area contributed by atoms with Crippen molar-refractivity contribution in [1.82, 2.24) is 14.1 Å². The number of rotatable bonds is 6. The minimum absolute atomic E-state index is 0.240. The highest BCUT2D eigenvalue weighted by Crippen LogP contribution is 2.34. The van der Waals surface area contributed by atoms with Gasteiger partial charge in [0.15, 0.2) is 5.13 Å². The minimum atomic E-state index is -0.559. The first-order chi connectivity index (χ1) is 15.0. The minimum Gasteiger partial charge on any atom is -0.494 e. The number of aromatic nitrogens is 3. The lowest BCUT2D eigenvalue weighted by molar-refractivity contribution is -0.118. The van der Waals surface area contributed by atoms with Crippen LogP contribution in [0, 0.1) is 0 Å². The molecule has 31 heavy (non-hydrogen) atoms. The first-order valence-electron chi connectivity index (χ1n) is 9.66. The molecule has 1 amide bonds. The van der Waals surface area contributed by atoms with Crippen LogP contribution in [-0.2, 0) is 18.4 Å². The van der Waals surface area contributed by atoms with Crippen molar-refractivity contribution in [2.24, 2.45) is 7.05 Å². The SMILES string of the molecule is CCOc1ccc(N(C(=O)Cn2ccc(=O)n(C)c2=O)c2nc3ccccc3s2)cc1. The van der Waals surface area contributed by atoms with Crippen molar-refractivity contribution in [3.8, 4) is 5.75 Å². The molecule has 0 saturated heterocycles.